The van der Waals surface area contributed by atoms with Gasteiger partial charge in [0.2, 0.25) is 17.7 Å². The molecule has 4 atom stereocenters. The molecule has 0 bridgehead atoms. The van der Waals surface area contributed by atoms with Gasteiger partial charge in [0.25, 0.3) is 0 Å². The number of hydrogen-bond acceptors (Lipinski definition) is 7. The van der Waals surface area contributed by atoms with E-state index >= 15 is 0 Å². The summed E-state index contributed by atoms with van der Waals surface area (Å²) in [7, 11) is 0. The summed E-state index contributed by atoms with van der Waals surface area (Å²) in [5, 5.41) is 17.8. The van der Waals surface area contributed by atoms with Gasteiger partial charge in [0.05, 0.1) is 12.0 Å². The van der Waals surface area contributed by atoms with Crippen molar-refractivity contribution in [3.63, 3.8) is 0 Å². The summed E-state index contributed by atoms with van der Waals surface area (Å²) in [6.45, 7) is 4.07. The maximum absolute atomic E-state index is 13.9. The number of likely N-dealkylation sites (tertiary alicyclic amines) is 1. The molecule has 1 fully saturated rings. The zero-order valence-electron chi connectivity index (χ0n) is 26.6. The molecule has 0 saturated carbocycles. The Morgan fingerprint density at radius 2 is 1.51 bits per heavy atom. The third-order valence-electron chi connectivity index (χ3n) is 7.83. The lowest BCUT2D eigenvalue weighted by atomic mass is 10.0. The molecule has 250 valence electrons. The molecule has 13 nitrogen and oxygen atoms in total. The lowest BCUT2D eigenvalue weighted by Crippen LogP contribution is -2.58. The van der Waals surface area contributed by atoms with Gasteiger partial charge in [-0.1, -0.05) is 74.5 Å². The molecule has 3 aromatic rings. The molecule has 2 heterocycles. The predicted molar refractivity (Wildman–Crippen MR) is 172 cm³/mol. The molecule has 47 heavy (non-hydrogen) atoms. The number of ether oxygens (including phenoxy) is 1. The van der Waals surface area contributed by atoms with E-state index in [0.29, 0.717) is 25.1 Å². The van der Waals surface area contributed by atoms with Crippen molar-refractivity contribution < 1.29 is 33.8 Å². The third-order valence-corrected chi connectivity index (χ3v) is 7.83. The molecule has 1 saturated heterocycles. The van der Waals surface area contributed by atoms with E-state index in [-0.39, 0.29) is 31.8 Å². The van der Waals surface area contributed by atoms with Crippen molar-refractivity contribution in [2.75, 3.05) is 6.54 Å². The van der Waals surface area contributed by atoms with E-state index in [2.05, 4.69) is 25.9 Å². The molecule has 1 aliphatic heterocycles. The molecule has 0 aliphatic carbocycles. The number of amides is 4. The molecule has 0 spiro atoms. The first-order chi connectivity index (χ1) is 22.6. The van der Waals surface area contributed by atoms with Crippen LogP contribution in [0.15, 0.2) is 73.2 Å². The third kappa shape index (κ3) is 10.4. The Balaban J connectivity index is 1.50. The molecule has 5 N–H and O–H groups in total. The molecule has 4 amide bonds. The number of carbonyl (C=O) groups excluding carboxylic acids is 4. The molecule has 13 heteroatoms. The summed E-state index contributed by atoms with van der Waals surface area (Å²) < 4.78 is 5.47. The summed E-state index contributed by atoms with van der Waals surface area (Å²) in [6.07, 6.45) is 3.63. The number of H-pyrrole nitrogens is 1. The SMILES string of the molecule is CC(C)C[C@H](NC(=O)[C@H](Cc1c[nH]cn1)NC(=O)[C@H](Cc1ccccc1)NC(=O)[C@@H]1CCCN1C(=O)OCc1ccccc1)C(=O)O. The fraction of sp³-hybridized carbons (Fsp3) is 0.412. The van der Waals surface area contributed by atoms with E-state index in [4.69, 9.17) is 4.74 Å². The van der Waals surface area contributed by atoms with E-state index in [9.17, 15) is 29.1 Å². The number of carboxylic acid groups (broad SMARTS) is 1. The van der Waals surface area contributed by atoms with Crippen LogP contribution in [0.4, 0.5) is 4.79 Å². The van der Waals surface area contributed by atoms with Crippen LogP contribution < -0.4 is 16.0 Å². The number of carbonyl (C=O) groups is 5. The topological polar surface area (TPSA) is 183 Å². The van der Waals surface area contributed by atoms with Crippen LogP contribution in [0.1, 0.15) is 49.9 Å². The first kappa shape index (κ1) is 34.7. The quantitative estimate of drug-likeness (QED) is 0.167. The average molecular weight is 647 g/mol. The lowest BCUT2D eigenvalue weighted by Gasteiger charge is -2.27. The Labute approximate surface area is 273 Å². The van der Waals surface area contributed by atoms with Gasteiger partial charge in [-0.15, -0.1) is 0 Å². The number of aliphatic carboxylic acids is 1. The molecule has 4 rings (SSSR count). The van der Waals surface area contributed by atoms with Gasteiger partial charge in [0, 0.05) is 25.6 Å². The van der Waals surface area contributed by atoms with Gasteiger partial charge in [0.15, 0.2) is 0 Å². The smallest absolute Gasteiger partial charge is 0.410 e. The first-order valence-corrected chi connectivity index (χ1v) is 15.7. The van der Waals surface area contributed by atoms with Gasteiger partial charge in [-0.2, -0.15) is 0 Å². The highest BCUT2D eigenvalue weighted by Gasteiger charge is 2.37. The fourth-order valence-corrected chi connectivity index (χ4v) is 5.45. The van der Waals surface area contributed by atoms with Crippen molar-refractivity contribution in [1.82, 2.24) is 30.8 Å². The largest absolute Gasteiger partial charge is 0.480 e. The van der Waals surface area contributed by atoms with Gasteiger partial charge in [0.1, 0.15) is 30.8 Å². The predicted octanol–water partition coefficient (Wildman–Crippen LogP) is 2.58. The minimum atomic E-state index is -1.19. The second kappa shape index (κ2) is 16.9. The summed E-state index contributed by atoms with van der Waals surface area (Å²) in [5.41, 5.74) is 2.04. The van der Waals surface area contributed by atoms with Crippen LogP contribution in [0.5, 0.6) is 0 Å². The summed E-state index contributed by atoms with van der Waals surface area (Å²) in [6, 6.07) is 14.0. The number of benzene rings is 2. The highest BCUT2D eigenvalue weighted by Crippen LogP contribution is 2.20. The number of imidazole rings is 1. The zero-order valence-corrected chi connectivity index (χ0v) is 26.6. The van der Waals surface area contributed by atoms with Crippen molar-refractivity contribution in [1.29, 1.82) is 0 Å². The Morgan fingerprint density at radius 1 is 0.894 bits per heavy atom. The standard InChI is InChI=1S/C34H42N6O7/c1-22(2)16-28(33(44)45)39-31(42)27(18-25-19-35-21-36-25)37-30(41)26(17-23-10-5-3-6-11-23)38-32(43)29-14-9-15-40(29)34(46)47-20-24-12-7-4-8-13-24/h3-8,10-13,19,21-22,26-29H,9,14-18,20H2,1-2H3,(H,35,36)(H,37,41)(H,38,43)(H,39,42)(H,44,45)/t26-,27-,28-,29-/m0/s1. The van der Waals surface area contributed by atoms with Gasteiger partial charge >= 0.3 is 12.1 Å². The molecule has 2 aromatic carbocycles. The van der Waals surface area contributed by atoms with Gasteiger partial charge in [-0.25, -0.2) is 14.6 Å². The van der Waals surface area contributed by atoms with Crippen LogP contribution in [0, 0.1) is 5.92 Å². The second-order valence-corrected chi connectivity index (χ2v) is 12.0. The number of nitrogens with zero attached hydrogens (tertiary/aromatic N) is 2. The van der Waals surface area contributed by atoms with Crippen LogP contribution in [0.2, 0.25) is 0 Å². The number of aromatic amines is 1. The molecule has 0 radical (unpaired) electrons. The number of rotatable bonds is 15. The molecule has 0 unspecified atom stereocenters. The fourth-order valence-electron chi connectivity index (χ4n) is 5.45. The number of aromatic nitrogens is 2. The maximum atomic E-state index is 13.9. The summed E-state index contributed by atoms with van der Waals surface area (Å²) >= 11 is 0. The number of hydrogen-bond donors (Lipinski definition) is 5. The molecule has 1 aromatic heterocycles. The lowest BCUT2D eigenvalue weighted by molar-refractivity contribution is -0.142. The Kier molecular flexibility index (Phi) is 12.5. The maximum Gasteiger partial charge on any atom is 0.410 e. The van der Waals surface area contributed by atoms with Crippen LogP contribution in [0.25, 0.3) is 0 Å². The normalized spacial score (nSPS) is 16.1. The molecular formula is C34H42N6O7. The van der Waals surface area contributed by atoms with Crippen molar-refractivity contribution in [2.24, 2.45) is 5.92 Å². The van der Waals surface area contributed by atoms with Crippen LogP contribution in [-0.2, 0) is 43.4 Å². The Morgan fingerprint density at radius 3 is 2.11 bits per heavy atom. The minimum absolute atomic E-state index is 0.00739. The Bertz CT molecular complexity index is 1480. The van der Waals surface area contributed by atoms with E-state index in [1.807, 2.05) is 74.5 Å². The average Bonchev–Trinajstić information content (AvgIpc) is 3.76. The van der Waals surface area contributed by atoms with Crippen molar-refractivity contribution in [3.8, 4) is 0 Å². The number of nitrogens with one attached hydrogen (secondary N) is 4. The molecule has 1 aliphatic rings. The van der Waals surface area contributed by atoms with Crippen molar-refractivity contribution in [3.05, 3.63) is 90.0 Å². The van der Waals surface area contributed by atoms with Crippen LogP contribution in [-0.4, -0.2) is 80.5 Å². The summed E-state index contributed by atoms with van der Waals surface area (Å²) in [4.78, 5) is 74.1. The number of carboxylic acids is 1. The van der Waals surface area contributed by atoms with E-state index in [0.717, 1.165) is 11.1 Å². The summed E-state index contributed by atoms with van der Waals surface area (Å²) in [5.74, 6) is -3.06. The van der Waals surface area contributed by atoms with Crippen LogP contribution >= 0.6 is 0 Å². The van der Waals surface area contributed by atoms with E-state index in [1.54, 1.807) is 6.20 Å². The monoisotopic (exact) mass is 646 g/mol. The van der Waals surface area contributed by atoms with E-state index in [1.165, 1.54) is 11.2 Å². The highest BCUT2D eigenvalue weighted by atomic mass is 16.6. The first-order valence-electron chi connectivity index (χ1n) is 15.7. The highest BCUT2D eigenvalue weighted by molar-refractivity contribution is 5.95. The Hall–Kier alpha value is -5.20. The minimum Gasteiger partial charge on any atom is -0.480 e. The molecular weight excluding hydrogens is 604 g/mol. The van der Waals surface area contributed by atoms with E-state index < -0.39 is 54.0 Å². The second-order valence-electron chi connectivity index (χ2n) is 12.0. The zero-order chi connectivity index (χ0) is 33.8. The van der Waals surface area contributed by atoms with Crippen LogP contribution in [0.3, 0.4) is 0 Å². The van der Waals surface area contributed by atoms with Gasteiger partial charge in [-0.05, 0) is 36.3 Å². The van der Waals surface area contributed by atoms with Gasteiger partial charge in [-0.3, -0.25) is 19.3 Å². The van der Waals surface area contributed by atoms with Crippen molar-refractivity contribution in [2.45, 2.75) is 76.7 Å². The van der Waals surface area contributed by atoms with Gasteiger partial charge < -0.3 is 30.8 Å². The van der Waals surface area contributed by atoms with Crippen molar-refractivity contribution >= 4 is 29.8 Å².